The number of sulfonamides is 1. The average molecular weight is 333 g/mol. The molecule has 5 nitrogen and oxygen atoms in total. The largest absolute Gasteiger partial charge is 0.402 e. The van der Waals surface area contributed by atoms with Crippen LogP contribution in [0.4, 0.5) is 18.9 Å². The first-order valence-corrected chi connectivity index (χ1v) is 7.12. The van der Waals surface area contributed by atoms with E-state index < -0.39 is 40.8 Å². The van der Waals surface area contributed by atoms with E-state index in [1.165, 1.54) is 12.1 Å². The lowest BCUT2D eigenvalue weighted by atomic mass is 10.3. The van der Waals surface area contributed by atoms with Crippen LogP contribution >= 0.6 is 11.6 Å². The van der Waals surface area contributed by atoms with Gasteiger partial charge in [-0.3, -0.25) is 0 Å². The van der Waals surface area contributed by atoms with Crippen LogP contribution in [-0.2, 0) is 10.0 Å². The molecule has 0 spiro atoms. The lowest BCUT2D eigenvalue weighted by molar-refractivity contribution is -0.136. The van der Waals surface area contributed by atoms with E-state index in [9.17, 15) is 21.6 Å². The van der Waals surface area contributed by atoms with Gasteiger partial charge in [0.2, 0.25) is 10.0 Å². The molecule has 0 unspecified atom stereocenters. The second-order valence-electron chi connectivity index (χ2n) is 3.86. The predicted octanol–water partition coefficient (Wildman–Crippen LogP) is 1.47. The topological polar surface area (TPSA) is 83.6 Å². The predicted molar refractivity (Wildman–Crippen MR) is 67.8 cm³/mol. The van der Waals surface area contributed by atoms with E-state index in [0.717, 1.165) is 6.07 Å². The minimum Gasteiger partial charge on any atom is -0.398 e. The third-order valence-corrected chi connectivity index (χ3v) is 4.43. The second kappa shape index (κ2) is 6.17. The first-order valence-electron chi connectivity index (χ1n) is 5.30. The molecule has 0 radical (unpaired) electrons. The molecular formula is C10H12ClF3N2O3S. The van der Waals surface area contributed by atoms with E-state index in [2.05, 4.69) is 0 Å². The molecule has 114 valence electrons. The molecule has 0 aliphatic rings. The highest BCUT2D eigenvalue weighted by Crippen LogP contribution is 2.28. The SMILES string of the molecule is Nc1ccc(Cl)cc1S(=O)(=O)N(CCO)CC(F)(F)F. The van der Waals surface area contributed by atoms with Crippen LogP contribution in [0.5, 0.6) is 0 Å². The van der Waals surface area contributed by atoms with Crippen molar-refractivity contribution in [2.45, 2.75) is 11.1 Å². The number of halogens is 4. The molecule has 0 saturated heterocycles. The van der Waals surface area contributed by atoms with Gasteiger partial charge < -0.3 is 10.8 Å². The Hall–Kier alpha value is -1.03. The molecule has 0 saturated carbocycles. The van der Waals surface area contributed by atoms with Gasteiger partial charge in [-0.25, -0.2) is 8.42 Å². The average Bonchev–Trinajstić information content (AvgIpc) is 2.30. The summed E-state index contributed by atoms with van der Waals surface area (Å²) in [7, 11) is -4.51. The zero-order chi connectivity index (χ0) is 15.6. The van der Waals surface area contributed by atoms with Crippen molar-refractivity contribution >= 4 is 27.3 Å². The molecular weight excluding hydrogens is 321 g/mol. The van der Waals surface area contributed by atoms with Gasteiger partial charge in [-0.2, -0.15) is 17.5 Å². The zero-order valence-corrected chi connectivity index (χ0v) is 11.6. The number of nitrogens with two attached hydrogens (primary N) is 1. The number of alkyl halides is 3. The van der Waals surface area contributed by atoms with Gasteiger partial charge in [-0.15, -0.1) is 0 Å². The van der Waals surface area contributed by atoms with E-state index in [1.807, 2.05) is 0 Å². The van der Waals surface area contributed by atoms with Gasteiger partial charge in [0, 0.05) is 11.6 Å². The number of hydrogen-bond donors (Lipinski definition) is 2. The van der Waals surface area contributed by atoms with E-state index in [1.54, 1.807) is 0 Å². The molecule has 1 rings (SSSR count). The molecule has 0 bridgehead atoms. The fourth-order valence-corrected chi connectivity index (χ4v) is 3.26. The van der Waals surface area contributed by atoms with Crippen molar-refractivity contribution in [2.24, 2.45) is 0 Å². The molecule has 20 heavy (non-hydrogen) atoms. The maximum atomic E-state index is 12.4. The highest BCUT2D eigenvalue weighted by molar-refractivity contribution is 7.89. The van der Waals surface area contributed by atoms with Crippen LogP contribution in [0, 0.1) is 0 Å². The molecule has 0 heterocycles. The summed E-state index contributed by atoms with van der Waals surface area (Å²) in [4.78, 5) is -0.525. The van der Waals surface area contributed by atoms with E-state index in [-0.39, 0.29) is 15.0 Å². The van der Waals surface area contributed by atoms with Crippen LogP contribution < -0.4 is 5.73 Å². The van der Waals surface area contributed by atoms with E-state index in [0.29, 0.717) is 0 Å². The molecule has 1 aromatic carbocycles. The van der Waals surface area contributed by atoms with Gasteiger partial charge in [-0.1, -0.05) is 11.6 Å². The summed E-state index contributed by atoms with van der Waals surface area (Å²) in [6.45, 7) is -3.18. The van der Waals surface area contributed by atoms with Crippen molar-refractivity contribution in [3.63, 3.8) is 0 Å². The van der Waals surface area contributed by atoms with Crippen LogP contribution in [-0.4, -0.2) is 43.7 Å². The number of nitrogens with zero attached hydrogens (tertiary/aromatic N) is 1. The number of aliphatic hydroxyl groups excluding tert-OH is 1. The molecule has 10 heteroatoms. The maximum absolute atomic E-state index is 12.4. The number of benzene rings is 1. The molecule has 1 aromatic rings. The molecule has 0 aliphatic heterocycles. The fraction of sp³-hybridized carbons (Fsp3) is 0.400. The molecule has 0 atom stereocenters. The Kier molecular flexibility index (Phi) is 5.25. The van der Waals surface area contributed by atoms with Crippen LogP contribution in [0.2, 0.25) is 5.02 Å². The van der Waals surface area contributed by atoms with Gasteiger partial charge in [0.1, 0.15) is 11.4 Å². The normalized spacial score (nSPS) is 12.9. The lowest BCUT2D eigenvalue weighted by Crippen LogP contribution is -2.40. The van der Waals surface area contributed by atoms with Crippen LogP contribution in [0.3, 0.4) is 0 Å². The van der Waals surface area contributed by atoms with Crippen molar-refractivity contribution < 1.29 is 26.7 Å². The summed E-state index contributed by atoms with van der Waals surface area (Å²) >= 11 is 5.63. The number of anilines is 1. The monoisotopic (exact) mass is 332 g/mol. The number of rotatable bonds is 5. The Bertz CT molecular complexity index is 578. The number of aliphatic hydroxyl groups is 1. The van der Waals surface area contributed by atoms with Gasteiger partial charge in [0.25, 0.3) is 0 Å². The minimum atomic E-state index is -4.74. The van der Waals surface area contributed by atoms with Gasteiger partial charge in [0.05, 0.1) is 12.3 Å². The summed E-state index contributed by atoms with van der Waals surface area (Å²) in [5.41, 5.74) is 5.24. The van der Waals surface area contributed by atoms with Crippen LogP contribution in [0.1, 0.15) is 0 Å². The van der Waals surface area contributed by atoms with Gasteiger partial charge >= 0.3 is 6.18 Å². The van der Waals surface area contributed by atoms with Crippen molar-refractivity contribution in [2.75, 3.05) is 25.4 Å². The molecule has 0 aliphatic carbocycles. The zero-order valence-electron chi connectivity index (χ0n) is 10.1. The van der Waals surface area contributed by atoms with Crippen molar-refractivity contribution in [1.29, 1.82) is 0 Å². The smallest absolute Gasteiger partial charge is 0.398 e. The first kappa shape index (κ1) is 17.0. The lowest BCUT2D eigenvalue weighted by Gasteiger charge is -2.23. The highest BCUT2D eigenvalue weighted by Gasteiger charge is 2.37. The van der Waals surface area contributed by atoms with Crippen LogP contribution in [0.15, 0.2) is 23.1 Å². The highest BCUT2D eigenvalue weighted by atomic mass is 35.5. The fourth-order valence-electron chi connectivity index (χ4n) is 1.47. The quantitative estimate of drug-likeness (QED) is 0.800. The Labute approximate surface area is 118 Å². The summed E-state index contributed by atoms with van der Waals surface area (Å²) in [5, 5.41) is 8.76. The van der Waals surface area contributed by atoms with Crippen LogP contribution in [0.25, 0.3) is 0 Å². The Morgan fingerprint density at radius 3 is 2.45 bits per heavy atom. The molecule has 3 N–H and O–H groups in total. The standard InChI is InChI=1S/C10H12ClF3N2O3S/c11-7-1-2-8(15)9(5-7)20(18,19)16(3-4-17)6-10(12,13)14/h1-2,5,17H,3-4,6,15H2. The maximum Gasteiger partial charge on any atom is 0.402 e. The summed E-state index contributed by atoms with van der Waals surface area (Å²) in [6.07, 6.45) is -4.74. The first-order chi connectivity index (χ1) is 9.08. The van der Waals surface area contributed by atoms with Crippen molar-refractivity contribution in [3.8, 4) is 0 Å². The Morgan fingerprint density at radius 2 is 1.95 bits per heavy atom. The van der Waals surface area contributed by atoms with E-state index in [4.69, 9.17) is 22.4 Å². The third-order valence-electron chi connectivity index (χ3n) is 2.30. The number of hydrogen-bond acceptors (Lipinski definition) is 4. The minimum absolute atomic E-state index is 0.0220. The Morgan fingerprint density at radius 1 is 1.35 bits per heavy atom. The van der Waals surface area contributed by atoms with Gasteiger partial charge in [0.15, 0.2) is 0 Å². The summed E-state index contributed by atoms with van der Waals surface area (Å²) < 4.78 is 61.6. The van der Waals surface area contributed by atoms with Crippen molar-refractivity contribution in [1.82, 2.24) is 4.31 Å². The van der Waals surface area contributed by atoms with Gasteiger partial charge in [-0.05, 0) is 18.2 Å². The summed E-state index contributed by atoms with van der Waals surface area (Å²) in [5.74, 6) is 0. The molecule has 0 amide bonds. The third kappa shape index (κ3) is 4.23. The second-order valence-corrected chi connectivity index (χ2v) is 6.20. The molecule has 0 aromatic heterocycles. The van der Waals surface area contributed by atoms with E-state index >= 15 is 0 Å². The summed E-state index contributed by atoms with van der Waals surface area (Å²) in [6, 6.07) is 3.46. The number of nitrogen functional groups attached to an aromatic ring is 1. The Balaban J connectivity index is 3.26. The van der Waals surface area contributed by atoms with Crippen molar-refractivity contribution in [3.05, 3.63) is 23.2 Å². The molecule has 0 fully saturated rings.